The van der Waals surface area contributed by atoms with E-state index in [2.05, 4.69) is 29.9 Å². The van der Waals surface area contributed by atoms with Gasteiger partial charge in [-0.2, -0.15) is 0 Å². The van der Waals surface area contributed by atoms with E-state index in [4.69, 9.17) is 4.74 Å². The van der Waals surface area contributed by atoms with Gasteiger partial charge in [-0.15, -0.1) is 0 Å². The van der Waals surface area contributed by atoms with Crippen molar-refractivity contribution in [3.8, 4) is 5.75 Å². The number of piperidine rings is 1. The summed E-state index contributed by atoms with van der Waals surface area (Å²) in [4.78, 5) is 0. The first-order valence-electron chi connectivity index (χ1n) is 6.27. The first kappa shape index (κ1) is 10.2. The summed E-state index contributed by atoms with van der Waals surface area (Å²) in [6.07, 6.45) is 7.20. The van der Waals surface area contributed by atoms with Crippen LogP contribution in [0.4, 0.5) is 0 Å². The van der Waals surface area contributed by atoms with Gasteiger partial charge in [0, 0.05) is 6.04 Å². The van der Waals surface area contributed by atoms with Crippen molar-refractivity contribution in [2.75, 3.05) is 13.2 Å². The molecule has 85 valence electrons. The number of hydrogen-bond donors (Lipinski definition) is 1. The number of fused-ring (bicyclic) bond motifs is 1. The van der Waals surface area contributed by atoms with E-state index in [9.17, 15) is 0 Å². The number of ether oxygens (including phenoxy) is 1. The normalized spacial score (nSPS) is 24.6. The maximum atomic E-state index is 5.70. The van der Waals surface area contributed by atoms with E-state index >= 15 is 0 Å². The van der Waals surface area contributed by atoms with Crippen LogP contribution in [-0.2, 0) is 0 Å². The minimum Gasteiger partial charge on any atom is -0.493 e. The van der Waals surface area contributed by atoms with Crippen LogP contribution in [0.2, 0.25) is 0 Å². The Kier molecular flexibility index (Phi) is 2.83. The van der Waals surface area contributed by atoms with Gasteiger partial charge in [-0.1, -0.05) is 18.6 Å². The van der Waals surface area contributed by atoms with Crippen molar-refractivity contribution in [3.63, 3.8) is 0 Å². The Morgan fingerprint density at radius 1 is 1.25 bits per heavy atom. The largest absolute Gasteiger partial charge is 0.493 e. The summed E-state index contributed by atoms with van der Waals surface area (Å²) in [5.41, 5.74) is 2.64. The van der Waals surface area contributed by atoms with E-state index < -0.39 is 0 Å². The standard InChI is InChI=1S/C14H18NO/c1-2-8-15-13(5-1)12-7-6-11-4-3-9-16-14(11)10-12/h4,6-7,10,13,15H,1-3,5,8-9H2. The zero-order valence-electron chi connectivity index (χ0n) is 9.54. The fourth-order valence-corrected chi connectivity index (χ4v) is 2.58. The topological polar surface area (TPSA) is 21.3 Å². The van der Waals surface area contributed by atoms with Gasteiger partial charge in [-0.3, -0.25) is 0 Å². The van der Waals surface area contributed by atoms with Crippen molar-refractivity contribution in [3.05, 3.63) is 35.7 Å². The molecule has 0 aromatic heterocycles. The van der Waals surface area contributed by atoms with Crippen LogP contribution in [0.25, 0.3) is 0 Å². The van der Waals surface area contributed by atoms with Gasteiger partial charge >= 0.3 is 0 Å². The zero-order chi connectivity index (χ0) is 10.8. The van der Waals surface area contributed by atoms with E-state index in [1.165, 1.54) is 30.4 Å². The molecule has 1 saturated heterocycles. The van der Waals surface area contributed by atoms with Gasteiger partial charge in [0.2, 0.25) is 0 Å². The Bertz CT molecular complexity index is 369. The Balaban J connectivity index is 1.84. The van der Waals surface area contributed by atoms with Crippen molar-refractivity contribution in [1.29, 1.82) is 0 Å². The highest BCUT2D eigenvalue weighted by Crippen LogP contribution is 2.31. The monoisotopic (exact) mass is 216 g/mol. The fraction of sp³-hybridized carbons (Fsp3) is 0.500. The molecule has 16 heavy (non-hydrogen) atoms. The Morgan fingerprint density at radius 2 is 2.25 bits per heavy atom. The van der Waals surface area contributed by atoms with Crippen molar-refractivity contribution in [2.45, 2.75) is 31.7 Å². The molecule has 2 heterocycles. The highest BCUT2D eigenvalue weighted by Gasteiger charge is 2.17. The van der Waals surface area contributed by atoms with Crippen LogP contribution in [0.5, 0.6) is 5.75 Å². The maximum Gasteiger partial charge on any atom is 0.123 e. The first-order valence-corrected chi connectivity index (χ1v) is 6.27. The smallest absolute Gasteiger partial charge is 0.123 e. The molecule has 2 aliphatic heterocycles. The molecule has 0 amide bonds. The maximum absolute atomic E-state index is 5.70. The van der Waals surface area contributed by atoms with Crippen LogP contribution in [-0.4, -0.2) is 13.2 Å². The molecule has 1 fully saturated rings. The van der Waals surface area contributed by atoms with Crippen LogP contribution in [0.15, 0.2) is 18.2 Å². The molecule has 0 spiro atoms. The van der Waals surface area contributed by atoms with Gasteiger partial charge in [0.25, 0.3) is 0 Å². The molecule has 1 aromatic carbocycles. The van der Waals surface area contributed by atoms with Crippen LogP contribution in [0.3, 0.4) is 0 Å². The second-order valence-electron chi connectivity index (χ2n) is 4.64. The van der Waals surface area contributed by atoms with E-state index in [1.54, 1.807) is 0 Å². The number of hydrogen-bond acceptors (Lipinski definition) is 2. The summed E-state index contributed by atoms with van der Waals surface area (Å²) < 4.78 is 5.70. The lowest BCUT2D eigenvalue weighted by Gasteiger charge is -2.25. The average molecular weight is 216 g/mol. The quantitative estimate of drug-likeness (QED) is 0.779. The number of rotatable bonds is 1. The molecular weight excluding hydrogens is 198 g/mol. The van der Waals surface area contributed by atoms with Gasteiger partial charge in [0.1, 0.15) is 5.75 Å². The van der Waals surface area contributed by atoms with Crippen molar-refractivity contribution >= 4 is 0 Å². The minimum atomic E-state index is 0.532. The van der Waals surface area contributed by atoms with Gasteiger partial charge in [0.15, 0.2) is 0 Å². The molecule has 2 nitrogen and oxygen atoms in total. The summed E-state index contributed by atoms with van der Waals surface area (Å²) in [5, 5.41) is 3.58. The van der Waals surface area contributed by atoms with Gasteiger partial charge in [-0.25, -0.2) is 0 Å². The highest BCUT2D eigenvalue weighted by molar-refractivity contribution is 5.44. The molecule has 1 aromatic rings. The molecule has 1 N–H and O–H groups in total. The van der Waals surface area contributed by atoms with Gasteiger partial charge < -0.3 is 10.1 Å². The lowest BCUT2D eigenvalue weighted by molar-refractivity contribution is 0.305. The Labute approximate surface area is 97.0 Å². The second-order valence-corrected chi connectivity index (χ2v) is 4.64. The molecule has 0 aliphatic carbocycles. The number of benzene rings is 1. The molecule has 2 aliphatic rings. The lowest BCUT2D eigenvalue weighted by atomic mass is 9.95. The Hall–Kier alpha value is -1.02. The molecule has 1 unspecified atom stereocenters. The summed E-state index contributed by atoms with van der Waals surface area (Å²) in [5.74, 6) is 1.07. The van der Waals surface area contributed by atoms with E-state index in [-0.39, 0.29) is 0 Å². The van der Waals surface area contributed by atoms with E-state index in [0.29, 0.717) is 6.04 Å². The molecule has 1 radical (unpaired) electrons. The number of nitrogens with one attached hydrogen (secondary N) is 1. The zero-order valence-corrected chi connectivity index (χ0v) is 9.54. The van der Waals surface area contributed by atoms with Crippen LogP contribution >= 0.6 is 0 Å². The van der Waals surface area contributed by atoms with E-state index in [0.717, 1.165) is 25.3 Å². The molecule has 0 saturated carbocycles. The third-order valence-corrected chi connectivity index (χ3v) is 3.49. The molecular formula is C14H18NO. The lowest BCUT2D eigenvalue weighted by Crippen LogP contribution is -2.26. The fourth-order valence-electron chi connectivity index (χ4n) is 2.58. The summed E-state index contributed by atoms with van der Waals surface area (Å²) in [6, 6.07) is 7.19. The highest BCUT2D eigenvalue weighted by atomic mass is 16.5. The van der Waals surface area contributed by atoms with Gasteiger partial charge in [0.05, 0.1) is 6.61 Å². The predicted molar refractivity (Wildman–Crippen MR) is 64.6 cm³/mol. The van der Waals surface area contributed by atoms with Gasteiger partial charge in [-0.05, 0) is 49.4 Å². The molecule has 1 atom stereocenters. The van der Waals surface area contributed by atoms with Crippen LogP contribution in [0, 0.1) is 6.42 Å². The minimum absolute atomic E-state index is 0.532. The molecule has 2 heteroatoms. The van der Waals surface area contributed by atoms with Crippen molar-refractivity contribution in [1.82, 2.24) is 5.32 Å². The average Bonchev–Trinajstić information content (AvgIpc) is 2.39. The summed E-state index contributed by atoms with van der Waals surface area (Å²) in [7, 11) is 0. The first-order chi connectivity index (χ1) is 7.93. The molecule has 3 rings (SSSR count). The second kappa shape index (κ2) is 4.46. The Morgan fingerprint density at radius 3 is 3.12 bits per heavy atom. The van der Waals surface area contributed by atoms with E-state index in [1.807, 2.05) is 0 Å². The van der Waals surface area contributed by atoms with Crippen LogP contribution in [0.1, 0.15) is 42.9 Å². The van der Waals surface area contributed by atoms with Crippen molar-refractivity contribution < 1.29 is 4.74 Å². The van der Waals surface area contributed by atoms with Crippen molar-refractivity contribution in [2.24, 2.45) is 0 Å². The summed E-state index contributed by atoms with van der Waals surface area (Å²) >= 11 is 0. The van der Waals surface area contributed by atoms with Crippen LogP contribution < -0.4 is 10.1 Å². The third-order valence-electron chi connectivity index (χ3n) is 3.49. The molecule has 0 bridgehead atoms. The summed E-state index contributed by atoms with van der Waals surface area (Å²) in [6.45, 7) is 1.98. The third kappa shape index (κ3) is 1.94. The predicted octanol–water partition coefficient (Wildman–Crippen LogP) is 2.84. The SMILES string of the molecule is [CH]1CCOc2cc(C3CCCCN3)ccc21.